The van der Waals surface area contributed by atoms with Crippen LogP contribution in [0.2, 0.25) is 0 Å². The van der Waals surface area contributed by atoms with Gasteiger partial charge in [-0.3, -0.25) is 4.79 Å². The summed E-state index contributed by atoms with van der Waals surface area (Å²) in [6, 6.07) is 7.99. The number of benzene rings is 1. The van der Waals surface area contributed by atoms with E-state index in [1.807, 2.05) is 45.0 Å². The zero-order chi connectivity index (χ0) is 15.0. The van der Waals surface area contributed by atoms with Crippen molar-refractivity contribution in [3.8, 4) is 5.75 Å². The van der Waals surface area contributed by atoms with Crippen molar-refractivity contribution in [2.24, 2.45) is 5.92 Å². The number of carbonyl (C=O) groups is 1. The number of ether oxygens (including phenoxy) is 2. The van der Waals surface area contributed by atoms with Gasteiger partial charge in [-0.1, -0.05) is 19.1 Å². The predicted molar refractivity (Wildman–Crippen MR) is 79.7 cm³/mol. The maximum absolute atomic E-state index is 11.8. The topological polar surface area (TPSA) is 47.6 Å². The van der Waals surface area contributed by atoms with Crippen molar-refractivity contribution >= 4 is 5.97 Å². The van der Waals surface area contributed by atoms with Crippen LogP contribution in [-0.2, 0) is 16.1 Å². The first kappa shape index (κ1) is 16.5. The summed E-state index contributed by atoms with van der Waals surface area (Å²) in [7, 11) is 1.65. The quantitative estimate of drug-likeness (QED) is 0.743. The third kappa shape index (κ3) is 4.85. The van der Waals surface area contributed by atoms with Crippen LogP contribution in [0, 0.1) is 5.92 Å². The summed E-state index contributed by atoms with van der Waals surface area (Å²) in [5.74, 6) is 0.623. The molecule has 1 N–H and O–H groups in total. The van der Waals surface area contributed by atoms with Crippen LogP contribution in [0.5, 0.6) is 5.75 Å². The zero-order valence-electron chi connectivity index (χ0n) is 12.8. The highest BCUT2D eigenvalue weighted by Gasteiger charge is 2.24. The van der Waals surface area contributed by atoms with Gasteiger partial charge >= 0.3 is 5.97 Å². The second kappa shape index (κ2) is 8.59. The monoisotopic (exact) mass is 279 g/mol. The van der Waals surface area contributed by atoms with Gasteiger partial charge in [-0.05, 0) is 38.0 Å². The summed E-state index contributed by atoms with van der Waals surface area (Å²) in [5, 5.41) is 3.39. The van der Waals surface area contributed by atoms with Gasteiger partial charge in [0.2, 0.25) is 0 Å². The number of esters is 1. The van der Waals surface area contributed by atoms with E-state index in [-0.39, 0.29) is 17.9 Å². The van der Waals surface area contributed by atoms with Crippen LogP contribution in [0.25, 0.3) is 0 Å². The summed E-state index contributed by atoms with van der Waals surface area (Å²) >= 11 is 0. The number of rotatable bonds is 8. The van der Waals surface area contributed by atoms with E-state index in [1.54, 1.807) is 7.11 Å². The minimum absolute atomic E-state index is 0.0844. The van der Waals surface area contributed by atoms with E-state index in [4.69, 9.17) is 9.47 Å². The second-order valence-corrected chi connectivity index (χ2v) is 4.78. The number of carbonyl (C=O) groups excluding carboxylic acids is 1. The molecule has 4 nitrogen and oxygen atoms in total. The van der Waals surface area contributed by atoms with E-state index in [0.717, 1.165) is 24.3 Å². The van der Waals surface area contributed by atoms with E-state index >= 15 is 0 Å². The van der Waals surface area contributed by atoms with Gasteiger partial charge in [-0.2, -0.15) is 0 Å². The molecule has 1 aromatic rings. The summed E-state index contributed by atoms with van der Waals surface area (Å²) in [4.78, 5) is 11.8. The summed E-state index contributed by atoms with van der Waals surface area (Å²) in [6.45, 7) is 7.02. The van der Waals surface area contributed by atoms with Crippen molar-refractivity contribution in [2.45, 2.75) is 39.8 Å². The minimum Gasteiger partial charge on any atom is -0.497 e. The average molecular weight is 279 g/mol. The van der Waals surface area contributed by atoms with E-state index in [2.05, 4.69) is 5.32 Å². The van der Waals surface area contributed by atoms with E-state index in [1.165, 1.54) is 0 Å². The molecule has 0 bridgehead atoms. The van der Waals surface area contributed by atoms with Gasteiger partial charge in [0.1, 0.15) is 5.75 Å². The third-order valence-electron chi connectivity index (χ3n) is 3.42. The predicted octanol–water partition coefficient (Wildman–Crippen LogP) is 2.76. The van der Waals surface area contributed by atoms with Gasteiger partial charge in [0.15, 0.2) is 0 Å². The Balaban J connectivity index is 2.51. The molecule has 1 aromatic carbocycles. The molecule has 0 aliphatic rings. The third-order valence-corrected chi connectivity index (χ3v) is 3.42. The second-order valence-electron chi connectivity index (χ2n) is 4.78. The van der Waals surface area contributed by atoms with Crippen LogP contribution in [0.3, 0.4) is 0 Å². The lowest BCUT2D eigenvalue weighted by atomic mass is 9.98. The van der Waals surface area contributed by atoms with E-state index in [0.29, 0.717) is 6.61 Å². The Morgan fingerprint density at radius 2 is 1.90 bits per heavy atom. The van der Waals surface area contributed by atoms with Crippen LogP contribution in [0.15, 0.2) is 24.3 Å². The normalized spacial score (nSPS) is 13.6. The molecule has 112 valence electrons. The maximum atomic E-state index is 11.8. The number of nitrogens with one attached hydrogen (secondary N) is 1. The lowest BCUT2D eigenvalue weighted by molar-refractivity contribution is -0.149. The maximum Gasteiger partial charge on any atom is 0.310 e. The molecule has 0 aromatic heterocycles. The lowest BCUT2D eigenvalue weighted by Crippen LogP contribution is -2.38. The minimum atomic E-state index is -0.121. The first-order chi connectivity index (χ1) is 9.62. The number of hydrogen-bond acceptors (Lipinski definition) is 4. The Hall–Kier alpha value is -1.55. The van der Waals surface area contributed by atoms with Crippen LogP contribution < -0.4 is 10.1 Å². The molecule has 20 heavy (non-hydrogen) atoms. The molecule has 2 atom stereocenters. The number of hydrogen-bond donors (Lipinski definition) is 1. The summed E-state index contributed by atoms with van der Waals surface area (Å²) in [5.41, 5.74) is 1.16. The SMILES string of the molecule is CCOC(=O)C(CC)C(C)NCc1ccc(OC)cc1. The summed E-state index contributed by atoms with van der Waals surface area (Å²) < 4.78 is 10.2. The van der Waals surface area contributed by atoms with Crippen LogP contribution in [0.4, 0.5) is 0 Å². The molecule has 0 spiro atoms. The van der Waals surface area contributed by atoms with Crippen molar-refractivity contribution in [2.75, 3.05) is 13.7 Å². The Bertz CT molecular complexity index is 403. The van der Waals surface area contributed by atoms with Crippen molar-refractivity contribution in [1.82, 2.24) is 5.32 Å². The van der Waals surface area contributed by atoms with Gasteiger partial charge < -0.3 is 14.8 Å². The lowest BCUT2D eigenvalue weighted by Gasteiger charge is -2.22. The highest BCUT2D eigenvalue weighted by molar-refractivity contribution is 5.73. The van der Waals surface area contributed by atoms with Crippen molar-refractivity contribution in [1.29, 1.82) is 0 Å². The van der Waals surface area contributed by atoms with Crippen molar-refractivity contribution in [3.05, 3.63) is 29.8 Å². The molecular weight excluding hydrogens is 254 g/mol. The standard InChI is InChI=1S/C16H25NO3/c1-5-15(16(18)20-6-2)12(3)17-11-13-7-9-14(19-4)10-8-13/h7-10,12,15,17H,5-6,11H2,1-4H3. The molecule has 0 aliphatic carbocycles. The van der Waals surface area contributed by atoms with Gasteiger partial charge in [0.25, 0.3) is 0 Å². The summed E-state index contributed by atoms with van der Waals surface area (Å²) in [6.07, 6.45) is 0.773. The highest BCUT2D eigenvalue weighted by Crippen LogP contribution is 2.14. The molecule has 2 unspecified atom stereocenters. The molecule has 0 fully saturated rings. The highest BCUT2D eigenvalue weighted by atomic mass is 16.5. The Kier molecular flexibility index (Phi) is 7.09. The zero-order valence-corrected chi connectivity index (χ0v) is 12.8. The fraction of sp³-hybridized carbons (Fsp3) is 0.562. The van der Waals surface area contributed by atoms with Gasteiger partial charge in [0.05, 0.1) is 19.6 Å². The molecule has 0 saturated carbocycles. The van der Waals surface area contributed by atoms with E-state index < -0.39 is 0 Å². The van der Waals surface area contributed by atoms with Crippen molar-refractivity contribution < 1.29 is 14.3 Å². The Morgan fingerprint density at radius 3 is 2.40 bits per heavy atom. The molecule has 4 heteroatoms. The van der Waals surface area contributed by atoms with E-state index in [9.17, 15) is 4.79 Å². The Labute approximate surface area is 121 Å². The van der Waals surface area contributed by atoms with Crippen LogP contribution >= 0.6 is 0 Å². The number of methoxy groups -OCH3 is 1. The van der Waals surface area contributed by atoms with Gasteiger partial charge in [0, 0.05) is 12.6 Å². The first-order valence-electron chi connectivity index (χ1n) is 7.15. The average Bonchev–Trinajstić information content (AvgIpc) is 2.46. The largest absolute Gasteiger partial charge is 0.497 e. The van der Waals surface area contributed by atoms with Gasteiger partial charge in [-0.15, -0.1) is 0 Å². The molecule has 0 radical (unpaired) electrons. The van der Waals surface area contributed by atoms with Crippen LogP contribution in [0.1, 0.15) is 32.8 Å². The smallest absolute Gasteiger partial charge is 0.310 e. The molecule has 0 amide bonds. The molecule has 1 rings (SSSR count). The van der Waals surface area contributed by atoms with Crippen LogP contribution in [-0.4, -0.2) is 25.7 Å². The fourth-order valence-corrected chi connectivity index (χ4v) is 2.14. The fourth-order valence-electron chi connectivity index (χ4n) is 2.14. The van der Waals surface area contributed by atoms with Gasteiger partial charge in [-0.25, -0.2) is 0 Å². The van der Waals surface area contributed by atoms with Crippen molar-refractivity contribution in [3.63, 3.8) is 0 Å². The molecule has 0 aliphatic heterocycles. The molecule has 0 saturated heterocycles. The molecule has 0 heterocycles. The molecular formula is C16H25NO3. The Morgan fingerprint density at radius 1 is 1.25 bits per heavy atom. The first-order valence-corrected chi connectivity index (χ1v) is 7.15.